The maximum absolute atomic E-state index is 11.2. The summed E-state index contributed by atoms with van der Waals surface area (Å²) in [6.07, 6.45) is 0.599. The second-order valence-corrected chi connectivity index (χ2v) is 3.80. The third-order valence-electron chi connectivity index (χ3n) is 2.00. The number of rotatable bonds is 2. The Kier molecular flexibility index (Phi) is 2.37. The van der Waals surface area contributed by atoms with Crippen molar-refractivity contribution in [3.05, 3.63) is 16.4 Å². The highest BCUT2D eigenvalue weighted by molar-refractivity contribution is 9.10. The highest BCUT2D eigenvalue weighted by Gasteiger charge is 2.29. The van der Waals surface area contributed by atoms with Crippen molar-refractivity contribution in [2.75, 3.05) is 0 Å². The Morgan fingerprint density at radius 2 is 2.07 bits per heavy atom. The molecule has 1 aliphatic rings. The van der Waals surface area contributed by atoms with E-state index in [1.807, 2.05) is 0 Å². The Bertz CT molecular complexity index is 372. The maximum atomic E-state index is 11.2. The van der Waals surface area contributed by atoms with Crippen molar-refractivity contribution in [3.63, 3.8) is 0 Å². The first-order valence-corrected chi connectivity index (χ1v) is 4.90. The number of nitrogens with zero attached hydrogens (tertiary/aromatic N) is 2. The molecule has 0 aromatic carbocycles. The van der Waals surface area contributed by atoms with Crippen LogP contribution in [-0.2, 0) is 16.1 Å². The molecule has 6 heteroatoms. The molecule has 2 amide bonds. The summed E-state index contributed by atoms with van der Waals surface area (Å²) >= 11 is 3.12. The number of hydrogen-bond acceptors (Lipinski definition) is 4. The van der Waals surface area contributed by atoms with E-state index in [1.165, 1.54) is 4.90 Å². The van der Waals surface area contributed by atoms with Gasteiger partial charge >= 0.3 is 0 Å². The van der Waals surface area contributed by atoms with Crippen LogP contribution in [0, 0.1) is 0 Å². The van der Waals surface area contributed by atoms with Crippen LogP contribution in [0.4, 0.5) is 0 Å². The Hall–Kier alpha value is -1.17. The van der Waals surface area contributed by atoms with E-state index in [2.05, 4.69) is 21.1 Å². The van der Waals surface area contributed by atoms with Gasteiger partial charge in [-0.05, 0) is 15.9 Å². The zero-order valence-electron chi connectivity index (χ0n) is 7.20. The highest BCUT2D eigenvalue weighted by atomic mass is 79.9. The molecule has 1 aliphatic heterocycles. The fourth-order valence-electron chi connectivity index (χ4n) is 1.32. The molecular formula is C8H7BrN2O3. The van der Waals surface area contributed by atoms with Gasteiger partial charge in [0, 0.05) is 18.9 Å². The molecule has 0 saturated carbocycles. The molecule has 5 nitrogen and oxygen atoms in total. The average molecular weight is 259 g/mol. The van der Waals surface area contributed by atoms with Gasteiger partial charge in [0.15, 0.2) is 5.76 Å². The van der Waals surface area contributed by atoms with Gasteiger partial charge in [-0.1, -0.05) is 5.16 Å². The molecule has 14 heavy (non-hydrogen) atoms. The minimum atomic E-state index is -0.150. The predicted octanol–water partition coefficient (Wildman–Crippen LogP) is 1.09. The zero-order valence-corrected chi connectivity index (χ0v) is 8.78. The van der Waals surface area contributed by atoms with Gasteiger partial charge in [-0.3, -0.25) is 14.5 Å². The quantitative estimate of drug-likeness (QED) is 0.745. The Labute approximate surface area is 88.2 Å². The van der Waals surface area contributed by atoms with Crippen molar-refractivity contribution < 1.29 is 14.1 Å². The van der Waals surface area contributed by atoms with E-state index < -0.39 is 0 Å². The second-order valence-electron chi connectivity index (χ2n) is 2.99. The lowest BCUT2D eigenvalue weighted by Gasteiger charge is -2.10. The van der Waals surface area contributed by atoms with Crippen molar-refractivity contribution in [1.82, 2.24) is 10.1 Å². The van der Waals surface area contributed by atoms with Crippen LogP contribution in [-0.4, -0.2) is 21.9 Å². The summed E-state index contributed by atoms with van der Waals surface area (Å²) in [6, 6.07) is 1.64. The lowest BCUT2D eigenvalue weighted by Crippen LogP contribution is -2.28. The Morgan fingerprint density at radius 1 is 1.43 bits per heavy atom. The number of halogens is 1. The smallest absolute Gasteiger partial charge is 0.230 e. The molecule has 0 bridgehead atoms. The third-order valence-corrected chi connectivity index (χ3v) is 2.37. The van der Waals surface area contributed by atoms with Crippen molar-refractivity contribution >= 4 is 27.7 Å². The molecule has 0 N–H and O–H groups in total. The largest absolute Gasteiger partial charge is 0.358 e. The fourth-order valence-corrected chi connectivity index (χ4v) is 1.65. The lowest BCUT2D eigenvalue weighted by atomic mass is 10.4. The Morgan fingerprint density at radius 3 is 2.57 bits per heavy atom. The molecule has 74 valence electrons. The number of likely N-dealkylation sites (tertiary alicyclic amines) is 1. The SMILES string of the molecule is O=C1CCC(=O)N1Cc1cc(Br)no1. The first-order valence-electron chi connectivity index (χ1n) is 4.11. The molecule has 1 fully saturated rings. The average Bonchev–Trinajstić information content (AvgIpc) is 2.67. The van der Waals surface area contributed by atoms with Gasteiger partial charge in [0.25, 0.3) is 0 Å². The lowest BCUT2D eigenvalue weighted by molar-refractivity contribution is -0.139. The van der Waals surface area contributed by atoms with E-state index in [0.717, 1.165) is 0 Å². The van der Waals surface area contributed by atoms with Crippen LogP contribution in [0.5, 0.6) is 0 Å². The van der Waals surface area contributed by atoms with Crippen LogP contribution in [0.2, 0.25) is 0 Å². The topological polar surface area (TPSA) is 63.4 Å². The number of aromatic nitrogens is 1. The summed E-state index contributed by atoms with van der Waals surface area (Å²) in [6.45, 7) is 0.177. The first kappa shape index (κ1) is 9.39. The van der Waals surface area contributed by atoms with Crippen LogP contribution < -0.4 is 0 Å². The molecular weight excluding hydrogens is 252 g/mol. The number of imide groups is 1. The molecule has 2 heterocycles. The van der Waals surface area contributed by atoms with E-state index in [9.17, 15) is 9.59 Å². The summed E-state index contributed by atoms with van der Waals surface area (Å²) in [7, 11) is 0. The minimum Gasteiger partial charge on any atom is -0.358 e. The van der Waals surface area contributed by atoms with E-state index in [1.54, 1.807) is 6.07 Å². The van der Waals surface area contributed by atoms with Gasteiger partial charge in [-0.2, -0.15) is 0 Å². The molecule has 1 aromatic heterocycles. The predicted molar refractivity (Wildman–Crippen MR) is 49.0 cm³/mol. The van der Waals surface area contributed by atoms with Gasteiger partial charge in [0.05, 0.1) is 6.54 Å². The van der Waals surface area contributed by atoms with Crippen LogP contribution in [0.25, 0.3) is 0 Å². The minimum absolute atomic E-state index is 0.150. The fraction of sp³-hybridized carbons (Fsp3) is 0.375. The Balaban J connectivity index is 2.10. The van der Waals surface area contributed by atoms with Gasteiger partial charge < -0.3 is 4.52 Å². The summed E-state index contributed by atoms with van der Waals surface area (Å²) in [5, 5.41) is 3.60. The van der Waals surface area contributed by atoms with Crippen LogP contribution >= 0.6 is 15.9 Å². The monoisotopic (exact) mass is 258 g/mol. The maximum Gasteiger partial charge on any atom is 0.230 e. The van der Waals surface area contributed by atoms with Gasteiger partial charge in [0.1, 0.15) is 4.60 Å². The number of carbonyl (C=O) groups excluding carboxylic acids is 2. The van der Waals surface area contributed by atoms with E-state index in [4.69, 9.17) is 4.52 Å². The second kappa shape index (κ2) is 3.53. The third kappa shape index (κ3) is 1.70. The molecule has 2 rings (SSSR count). The molecule has 1 aromatic rings. The van der Waals surface area contributed by atoms with Crippen LogP contribution in [0.15, 0.2) is 15.2 Å². The summed E-state index contributed by atoms with van der Waals surface area (Å²) < 4.78 is 5.44. The van der Waals surface area contributed by atoms with E-state index in [-0.39, 0.29) is 18.4 Å². The summed E-state index contributed by atoms with van der Waals surface area (Å²) in [5.41, 5.74) is 0. The normalized spacial score (nSPS) is 16.8. The molecule has 0 atom stereocenters. The summed E-state index contributed by atoms with van der Waals surface area (Å²) in [5.74, 6) is 0.200. The van der Waals surface area contributed by atoms with Crippen LogP contribution in [0.1, 0.15) is 18.6 Å². The number of carbonyl (C=O) groups is 2. The standard InChI is InChI=1S/C8H7BrN2O3/c9-6-3-5(14-10-6)4-11-7(12)1-2-8(11)13/h3H,1-2,4H2. The van der Waals surface area contributed by atoms with Crippen molar-refractivity contribution in [3.8, 4) is 0 Å². The van der Waals surface area contributed by atoms with E-state index in [0.29, 0.717) is 23.2 Å². The van der Waals surface area contributed by atoms with E-state index >= 15 is 0 Å². The molecule has 1 saturated heterocycles. The molecule has 0 unspecified atom stereocenters. The number of amides is 2. The van der Waals surface area contributed by atoms with Gasteiger partial charge in [0.2, 0.25) is 11.8 Å². The van der Waals surface area contributed by atoms with Crippen molar-refractivity contribution in [1.29, 1.82) is 0 Å². The summed E-state index contributed by atoms with van der Waals surface area (Å²) in [4.78, 5) is 23.6. The van der Waals surface area contributed by atoms with Crippen molar-refractivity contribution in [2.45, 2.75) is 19.4 Å². The zero-order chi connectivity index (χ0) is 10.1. The first-order chi connectivity index (χ1) is 6.66. The van der Waals surface area contributed by atoms with Gasteiger partial charge in [-0.25, -0.2) is 0 Å². The van der Waals surface area contributed by atoms with Crippen molar-refractivity contribution in [2.24, 2.45) is 0 Å². The molecule has 0 aliphatic carbocycles. The van der Waals surface area contributed by atoms with Gasteiger partial charge in [-0.15, -0.1) is 0 Å². The van der Waals surface area contributed by atoms with Crippen LogP contribution in [0.3, 0.4) is 0 Å². The number of hydrogen-bond donors (Lipinski definition) is 0. The molecule has 0 spiro atoms. The molecule has 0 radical (unpaired) electrons. The highest BCUT2D eigenvalue weighted by Crippen LogP contribution is 2.17.